The Kier molecular flexibility index (Phi) is 4.58. The molecule has 0 aromatic carbocycles. The van der Waals surface area contributed by atoms with Crippen molar-refractivity contribution in [1.29, 1.82) is 0 Å². The third-order valence-corrected chi connectivity index (χ3v) is 11.9. The van der Waals surface area contributed by atoms with Crippen molar-refractivity contribution in [3.05, 3.63) is 0 Å². The van der Waals surface area contributed by atoms with E-state index in [4.69, 9.17) is 9.47 Å². The van der Waals surface area contributed by atoms with Crippen LogP contribution in [0.15, 0.2) is 0 Å². The summed E-state index contributed by atoms with van der Waals surface area (Å²) in [7, 11) is 0. The van der Waals surface area contributed by atoms with Crippen molar-refractivity contribution in [2.45, 2.75) is 110 Å². The molecule has 2 saturated heterocycles. The van der Waals surface area contributed by atoms with Crippen LogP contribution in [0.4, 0.5) is 0 Å². The predicted molar refractivity (Wildman–Crippen MR) is 118 cm³/mol. The molecule has 12 atom stereocenters. The minimum absolute atomic E-state index is 0.0767. The highest BCUT2D eigenvalue weighted by molar-refractivity contribution is 5.16. The van der Waals surface area contributed by atoms with Crippen LogP contribution in [0, 0.1) is 52.3 Å². The minimum Gasteiger partial charge on any atom is -0.393 e. The summed E-state index contributed by atoms with van der Waals surface area (Å²) < 4.78 is 13.3. The van der Waals surface area contributed by atoms with Gasteiger partial charge in [-0.15, -0.1) is 0 Å². The van der Waals surface area contributed by atoms with Crippen LogP contribution in [-0.2, 0) is 9.47 Å². The molecule has 6 rings (SSSR count). The SMILES string of the molecule is CC1CCC2(OC1)OC1CC3C4CC(O)C5CCCCC5(C)C4CCC3(C)C1C2C. The van der Waals surface area contributed by atoms with Gasteiger partial charge in [0.15, 0.2) is 5.79 Å². The number of hydrogen-bond donors (Lipinski definition) is 1. The Morgan fingerprint density at radius 1 is 0.833 bits per heavy atom. The average Bonchev–Trinajstić information content (AvgIpc) is 3.15. The molecule has 1 N–H and O–H groups in total. The molecular formula is C27H44O3. The zero-order valence-electron chi connectivity index (χ0n) is 19.7. The molecule has 6 fully saturated rings. The Morgan fingerprint density at radius 3 is 2.43 bits per heavy atom. The number of rotatable bonds is 0. The Morgan fingerprint density at radius 2 is 1.67 bits per heavy atom. The number of fused-ring (bicyclic) bond motifs is 7. The molecule has 4 aliphatic carbocycles. The first kappa shape index (κ1) is 20.5. The van der Waals surface area contributed by atoms with E-state index in [1.54, 1.807) is 0 Å². The Labute approximate surface area is 183 Å². The minimum atomic E-state index is -0.306. The van der Waals surface area contributed by atoms with Crippen molar-refractivity contribution in [1.82, 2.24) is 0 Å². The van der Waals surface area contributed by atoms with Crippen LogP contribution in [0.25, 0.3) is 0 Å². The quantitative estimate of drug-likeness (QED) is 0.543. The second kappa shape index (κ2) is 6.70. The number of aliphatic hydroxyl groups is 1. The van der Waals surface area contributed by atoms with Crippen LogP contribution in [0.2, 0.25) is 0 Å². The van der Waals surface area contributed by atoms with Gasteiger partial charge in [0.05, 0.1) is 18.8 Å². The third-order valence-electron chi connectivity index (χ3n) is 11.9. The number of ether oxygens (including phenoxy) is 2. The van der Waals surface area contributed by atoms with E-state index in [-0.39, 0.29) is 11.9 Å². The van der Waals surface area contributed by atoms with E-state index in [0.29, 0.717) is 46.5 Å². The zero-order chi connectivity index (χ0) is 20.9. The van der Waals surface area contributed by atoms with E-state index < -0.39 is 0 Å². The van der Waals surface area contributed by atoms with Gasteiger partial charge in [0.1, 0.15) is 0 Å². The lowest BCUT2D eigenvalue weighted by atomic mass is 9.44. The Bertz CT molecular complexity index is 684. The first-order valence-corrected chi connectivity index (χ1v) is 13.3. The standard InChI is InChI=1S/C27H44O3/c1-16-8-12-27(29-15-16)17(2)24-23(30-27)14-21-18-13-22(28)20-7-5-6-10-25(20,3)19(18)9-11-26(21,24)4/h16-24,28H,5-15H2,1-4H3. The maximum absolute atomic E-state index is 11.2. The normalized spacial score (nSPS) is 62.5. The van der Waals surface area contributed by atoms with Gasteiger partial charge in [-0.3, -0.25) is 0 Å². The van der Waals surface area contributed by atoms with Gasteiger partial charge in [-0.2, -0.15) is 0 Å². The van der Waals surface area contributed by atoms with Crippen molar-refractivity contribution < 1.29 is 14.6 Å². The predicted octanol–water partition coefficient (Wildman–Crippen LogP) is 5.79. The largest absolute Gasteiger partial charge is 0.393 e. The van der Waals surface area contributed by atoms with E-state index in [0.717, 1.165) is 31.3 Å². The van der Waals surface area contributed by atoms with E-state index in [1.165, 1.54) is 51.4 Å². The molecule has 0 radical (unpaired) electrons. The van der Waals surface area contributed by atoms with E-state index in [1.807, 2.05) is 0 Å². The molecule has 30 heavy (non-hydrogen) atoms. The highest BCUT2D eigenvalue weighted by atomic mass is 16.7. The van der Waals surface area contributed by atoms with E-state index in [2.05, 4.69) is 27.7 Å². The lowest BCUT2D eigenvalue weighted by Crippen LogP contribution is -2.57. The summed E-state index contributed by atoms with van der Waals surface area (Å²) in [5.41, 5.74) is 0.731. The van der Waals surface area contributed by atoms with Crippen molar-refractivity contribution in [3.8, 4) is 0 Å². The van der Waals surface area contributed by atoms with Gasteiger partial charge in [0.2, 0.25) is 0 Å². The molecule has 170 valence electrons. The molecule has 2 aliphatic heterocycles. The van der Waals surface area contributed by atoms with Crippen LogP contribution >= 0.6 is 0 Å². The fourth-order valence-electron chi connectivity index (χ4n) is 10.4. The molecule has 3 heteroatoms. The number of hydrogen-bond acceptors (Lipinski definition) is 3. The van der Waals surface area contributed by atoms with Gasteiger partial charge >= 0.3 is 0 Å². The lowest BCUT2D eigenvalue weighted by Gasteiger charge is -2.62. The Hall–Kier alpha value is -0.120. The van der Waals surface area contributed by atoms with Gasteiger partial charge in [-0.1, -0.05) is 40.5 Å². The zero-order valence-corrected chi connectivity index (χ0v) is 19.7. The van der Waals surface area contributed by atoms with Gasteiger partial charge < -0.3 is 14.6 Å². The maximum Gasteiger partial charge on any atom is 0.171 e. The second-order valence-electron chi connectivity index (χ2n) is 13.1. The summed E-state index contributed by atoms with van der Waals surface area (Å²) in [5.74, 6) is 4.27. The molecule has 1 spiro atoms. The topological polar surface area (TPSA) is 38.7 Å². The maximum atomic E-state index is 11.2. The van der Waals surface area contributed by atoms with Gasteiger partial charge in [-0.25, -0.2) is 0 Å². The van der Waals surface area contributed by atoms with Gasteiger partial charge in [-0.05, 0) is 91.3 Å². The molecule has 0 aromatic rings. The molecular weight excluding hydrogens is 372 g/mol. The van der Waals surface area contributed by atoms with Crippen LogP contribution in [-0.4, -0.2) is 29.7 Å². The highest BCUT2D eigenvalue weighted by Gasteiger charge is 2.69. The summed E-state index contributed by atoms with van der Waals surface area (Å²) in [6.45, 7) is 10.8. The first-order chi connectivity index (χ1) is 14.3. The van der Waals surface area contributed by atoms with E-state index >= 15 is 0 Å². The van der Waals surface area contributed by atoms with Crippen LogP contribution in [0.1, 0.15) is 91.9 Å². The smallest absolute Gasteiger partial charge is 0.171 e. The number of aliphatic hydroxyl groups excluding tert-OH is 1. The monoisotopic (exact) mass is 416 g/mol. The Balaban J connectivity index is 1.29. The molecule has 4 saturated carbocycles. The fraction of sp³-hybridized carbons (Fsp3) is 1.00. The summed E-state index contributed by atoms with van der Waals surface area (Å²) >= 11 is 0. The lowest BCUT2D eigenvalue weighted by molar-refractivity contribution is -0.273. The summed E-state index contributed by atoms with van der Waals surface area (Å²) in [5, 5.41) is 11.2. The third kappa shape index (κ3) is 2.55. The van der Waals surface area contributed by atoms with Crippen molar-refractivity contribution in [2.24, 2.45) is 52.3 Å². The van der Waals surface area contributed by atoms with Gasteiger partial charge in [0, 0.05) is 12.3 Å². The fourth-order valence-corrected chi connectivity index (χ4v) is 10.4. The molecule has 0 bridgehead atoms. The van der Waals surface area contributed by atoms with Crippen LogP contribution < -0.4 is 0 Å². The van der Waals surface area contributed by atoms with Crippen LogP contribution in [0.3, 0.4) is 0 Å². The molecule has 6 aliphatic rings. The first-order valence-electron chi connectivity index (χ1n) is 13.3. The molecule has 3 nitrogen and oxygen atoms in total. The average molecular weight is 417 g/mol. The molecule has 2 heterocycles. The van der Waals surface area contributed by atoms with Gasteiger partial charge in [0.25, 0.3) is 0 Å². The van der Waals surface area contributed by atoms with Crippen molar-refractivity contribution in [3.63, 3.8) is 0 Å². The second-order valence-corrected chi connectivity index (χ2v) is 13.1. The van der Waals surface area contributed by atoms with Crippen molar-refractivity contribution >= 4 is 0 Å². The van der Waals surface area contributed by atoms with E-state index in [9.17, 15) is 5.11 Å². The summed E-state index contributed by atoms with van der Waals surface area (Å²) in [4.78, 5) is 0. The highest BCUT2D eigenvalue weighted by Crippen LogP contribution is 2.71. The molecule has 0 amide bonds. The van der Waals surface area contributed by atoms with Crippen LogP contribution in [0.5, 0.6) is 0 Å². The van der Waals surface area contributed by atoms with Crippen molar-refractivity contribution in [2.75, 3.05) is 6.61 Å². The molecule has 12 unspecified atom stereocenters. The summed E-state index contributed by atoms with van der Waals surface area (Å²) in [6, 6.07) is 0. The molecule has 0 aromatic heterocycles. The summed E-state index contributed by atoms with van der Waals surface area (Å²) in [6.07, 6.45) is 12.9.